The standard InChI is InChI=1S/C11H25N3/c1-10(2)14(9-11-5-6-11)8-7-12-13(3)4/h10-12H,5-9H2,1-4H3. The molecule has 14 heavy (non-hydrogen) atoms. The molecule has 1 fully saturated rings. The second kappa shape index (κ2) is 5.69. The summed E-state index contributed by atoms with van der Waals surface area (Å²) in [6, 6.07) is 0.680. The zero-order valence-corrected chi connectivity index (χ0v) is 10.1. The van der Waals surface area contributed by atoms with Gasteiger partial charge in [0, 0.05) is 39.8 Å². The monoisotopic (exact) mass is 199 g/mol. The highest BCUT2D eigenvalue weighted by Gasteiger charge is 2.24. The zero-order chi connectivity index (χ0) is 10.6. The zero-order valence-electron chi connectivity index (χ0n) is 10.1. The first-order chi connectivity index (χ1) is 6.59. The Bertz CT molecular complexity index is 153. The molecule has 0 aromatic carbocycles. The molecule has 0 heterocycles. The average molecular weight is 199 g/mol. The molecule has 0 spiro atoms. The lowest BCUT2D eigenvalue weighted by Crippen LogP contribution is -2.41. The molecule has 1 N–H and O–H groups in total. The Morgan fingerprint density at radius 1 is 1.29 bits per heavy atom. The highest BCUT2D eigenvalue weighted by molar-refractivity contribution is 4.78. The van der Waals surface area contributed by atoms with Crippen LogP contribution < -0.4 is 5.43 Å². The summed E-state index contributed by atoms with van der Waals surface area (Å²) in [5, 5.41) is 2.02. The lowest BCUT2D eigenvalue weighted by atomic mass is 10.2. The van der Waals surface area contributed by atoms with E-state index in [1.807, 2.05) is 19.1 Å². The van der Waals surface area contributed by atoms with Crippen molar-refractivity contribution >= 4 is 0 Å². The Kier molecular flexibility index (Phi) is 4.85. The first-order valence-electron chi connectivity index (χ1n) is 5.74. The van der Waals surface area contributed by atoms with Crippen molar-refractivity contribution in [2.24, 2.45) is 5.92 Å². The van der Waals surface area contributed by atoms with Gasteiger partial charge in [-0.1, -0.05) is 0 Å². The number of hydrazine groups is 1. The van der Waals surface area contributed by atoms with Gasteiger partial charge in [0.25, 0.3) is 0 Å². The Hall–Kier alpha value is -0.120. The third-order valence-corrected chi connectivity index (χ3v) is 2.75. The fourth-order valence-electron chi connectivity index (χ4n) is 1.61. The topological polar surface area (TPSA) is 18.5 Å². The first-order valence-corrected chi connectivity index (χ1v) is 5.74. The van der Waals surface area contributed by atoms with Crippen molar-refractivity contribution in [1.29, 1.82) is 0 Å². The summed E-state index contributed by atoms with van der Waals surface area (Å²) >= 11 is 0. The van der Waals surface area contributed by atoms with E-state index in [0.717, 1.165) is 19.0 Å². The van der Waals surface area contributed by atoms with Gasteiger partial charge in [-0.2, -0.15) is 0 Å². The van der Waals surface area contributed by atoms with Gasteiger partial charge in [-0.05, 0) is 32.6 Å². The van der Waals surface area contributed by atoms with Crippen LogP contribution in [0.15, 0.2) is 0 Å². The number of nitrogens with zero attached hydrogens (tertiary/aromatic N) is 2. The van der Waals surface area contributed by atoms with Gasteiger partial charge in [-0.25, -0.2) is 0 Å². The average Bonchev–Trinajstić information content (AvgIpc) is 2.85. The minimum absolute atomic E-state index is 0.680. The molecule has 0 unspecified atom stereocenters. The third-order valence-electron chi connectivity index (χ3n) is 2.75. The Labute approximate surface area is 88.4 Å². The van der Waals surface area contributed by atoms with Gasteiger partial charge in [-0.15, -0.1) is 0 Å². The summed E-state index contributed by atoms with van der Waals surface area (Å²) in [5.41, 5.74) is 3.32. The van der Waals surface area contributed by atoms with E-state index in [9.17, 15) is 0 Å². The summed E-state index contributed by atoms with van der Waals surface area (Å²) in [4.78, 5) is 2.58. The summed E-state index contributed by atoms with van der Waals surface area (Å²) in [6.45, 7) is 8.09. The van der Waals surface area contributed by atoms with E-state index < -0.39 is 0 Å². The van der Waals surface area contributed by atoms with E-state index in [1.165, 1.54) is 19.4 Å². The van der Waals surface area contributed by atoms with Crippen LogP contribution in [0.4, 0.5) is 0 Å². The van der Waals surface area contributed by atoms with Crippen LogP contribution in [0.5, 0.6) is 0 Å². The molecule has 0 aliphatic heterocycles. The number of rotatable bonds is 7. The van der Waals surface area contributed by atoms with Crippen molar-refractivity contribution in [3.8, 4) is 0 Å². The van der Waals surface area contributed by atoms with Gasteiger partial charge in [0.2, 0.25) is 0 Å². The second-order valence-corrected chi connectivity index (χ2v) is 4.83. The quantitative estimate of drug-likeness (QED) is 0.621. The van der Waals surface area contributed by atoms with E-state index in [4.69, 9.17) is 0 Å². The smallest absolute Gasteiger partial charge is 0.0230 e. The molecule has 0 saturated heterocycles. The van der Waals surface area contributed by atoms with Crippen LogP contribution >= 0.6 is 0 Å². The molecule has 1 aliphatic carbocycles. The maximum atomic E-state index is 3.32. The van der Waals surface area contributed by atoms with Crippen LogP contribution in [-0.2, 0) is 0 Å². The van der Waals surface area contributed by atoms with Crippen LogP contribution in [0.25, 0.3) is 0 Å². The molecule has 0 amide bonds. The molecule has 1 rings (SSSR count). The first kappa shape index (κ1) is 12.0. The molecule has 0 aromatic rings. The number of hydrogen-bond donors (Lipinski definition) is 1. The maximum absolute atomic E-state index is 3.32. The lowest BCUT2D eigenvalue weighted by molar-refractivity contribution is 0.189. The van der Waals surface area contributed by atoms with Crippen LogP contribution in [0.1, 0.15) is 26.7 Å². The minimum atomic E-state index is 0.680. The predicted molar refractivity (Wildman–Crippen MR) is 61.1 cm³/mol. The van der Waals surface area contributed by atoms with E-state index >= 15 is 0 Å². The molecule has 0 bridgehead atoms. The van der Waals surface area contributed by atoms with Gasteiger partial charge in [0.1, 0.15) is 0 Å². The van der Waals surface area contributed by atoms with Crippen molar-refractivity contribution < 1.29 is 0 Å². The predicted octanol–water partition coefficient (Wildman–Crippen LogP) is 1.17. The molecule has 3 nitrogen and oxygen atoms in total. The van der Waals surface area contributed by atoms with Crippen molar-refractivity contribution in [3.63, 3.8) is 0 Å². The van der Waals surface area contributed by atoms with E-state index in [1.54, 1.807) is 0 Å². The fraction of sp³-hybridized carbons (Fsp3) is 1.00. The molecular weight excluding hydrogens is 174 g/mol. The maximum Gasteiger partial charge on any atom is 0.0230 e. The second-order valence-electron chi connectivity index (χ2n) is 4.83. The number of nitrogens with one attached hydrogen (secondary N) is 1. The van der Waals surface area contributed by atoms with E-state index in [0.29, 0.717) is 6.04 Å². The summed E-state index contributed by atoms with van der Waals surface area (Å²) in [6.07, 6.45) is 2.90. The van der Waals surface area contributed by atoms with Gasteiger partial charge in [-0.3, -0.25) is 15.3 Å². The molecule has 1 aliphatic rings. The Morgan fingerprint density at radius 2 is 1.93 bits per heavy atom. The van der Waals surface area contributed by atoms with Crippen LogP contribution in [0, 0.1) is 5.92 Å². The molecule has 84 valence electrons. The van der Waals surface area contributed by atoms with Gasteiger partial charge >= 0.3 is 0 Å². The summed E-state index contributed by atoms with van der Waals surface area (Å²) in [5.74, 6) is 0.997. The van der Waals surface area contributed by atoms with Gasteiger partial charge in [0.15, 0.2) is 0 Å². The van der Waals surface area contributed by atoms with Crippen LogP contribution in [0.3, 0.4) is 0 Å². The third kappa shape index (κ3) is 4.94. The SMILES string of the molecule is CC(C)N(CCNN(C)C)CC1CC1. The largest absolute Gasteiger partial charge is 0.299 e. The molecular formula is C11H25N3. The number of hydrogen-bond acceptors (Lipinski definition) is 3. The summed E-state index contributed by atoms with van der Waals surface area (Å²) < 4.78 is 0. The normalized spacial score (nSPS) is 17.4. The molecule has 0 aromatic heterocycles. The summed E-state index contributed by atoms with van der Waals surface area (Å²) in [7, 11) is 4.08. The Morgan fingerprint density at radius 3 is 2.36 bits per heavy atom. The molecule has 3 heteroatoms. The lowest BCUT2D eigenvalue weighted by Gasteiger charge is -2.27. The van der Waals surface area contributed by atoms with Crippen molar-refractivity contribution in [2.75, 3.05) is 33.7 Å². The van der Waals surface area contributed by atoms with Crippen molar-refractivity contribution in [2.45, 2.75) is 32.7 Å². The van der Waals surface area contributed by atoms with Crippen LogP contribution in [-0.4, -0.2) is 49.7 Å². The highest BCUT2D eigenvalue weighted by Crippen LogP contribution is 2.30. The minimum Gasteiger partial charge on any atom is -0.299 e. The molecule has 1 saturated carbocycles. The fourth-order valence-corrected chi connectivity index (χ4v) is 1.61. The van der Waals surface area contributed by atoms with Crippen LogP contribution in [0.2, 0.25) is 0 Å². The Balaban J connectivity index is 2.13. The van der Waals surface area contributed by atoms with Gasteiger partial charge in [0.05, 0.1) is 0 Å². The van der Waals surface area contributed by atoms with Crippen molar-refractivity contribution in [1.82, 2.24) is 15.3 Å². The van der Waals surface area contributed by atoms with E-state index in [2.05, 4.69) is 24.2 Å². The van der Waals surface area contributed by atoms with Gasteiger partial charge < -0.3 is 0 Å². The molecule has 0 radical (unpaired) electrons. The highest BCUT2D eigenvalue weighted by atomic mass is 15.5. The van der Waals surface area contributed by atoms with Crippen molar-refractivity contribution in [3.05, 3.63) is 0 Å². The molecule has 0 atom stereocenters. The van der Waals surface area contributed by atoms with E-state index in [-0.39, 0.29) is 0 Å².